The molecule has 3 nitrogen and oxygen atoms in total. The Hall–Kier alpha value is -1.06. The van der Waals surface area contributed by atoms with Crippen molar-refractivity contribution in [3.05, 3.63) is 29.3 Å². The van der Waals surface area contributed by atoms with Gasteiger partial charge < -0.3 is 14.8 Å². The molecule has 1 aliphatic carbocycles. The van der Waals surface area contributed by atoms with Crippen molar-refractivity contribution in [2.75, 3.05) is 33.4 Å². The van der Waals surface area contributed by atoms with Crippen molar-refractivity contribution in [2.24, 2.45) is 5.41 Å². The molecular weight excluding hydrogens is 250 g/mol. The molecule has 0 aromatic heterocycles. The van der Waals surface area contributed by atoms with Crippen LogP contribution in [0.5, 0.6) is 5.75 Å². The van der Waals surface area contributed by atoms with Crippen LogP contribution in [-0.2, 0) is 17.6 Å². The summed E-state index contributed by atoms with van der Waals surface area (Å²) in [6.45, 7) is 3.95. The van der Waals surface area contributed by atoms with E-state index in [1.807, 2.05) is 0 Å². The molecule has 0 amide bonds. The molecular formula is C17H25NO2. The van der Waals surface area contributed by atoms with Crippen LogP contribution in [0.1, 0.15) is 30.4 Å². The normalized spacial score (nSPS) is 18.6. The largest absolute Gasteiger partial charge is 0.493 e. The van der Waals surface area contributed by atoms with E-state index in [-0.39, 0.29) is 0 Å². The maximum atomic E-state index is 5.54. The van der Waals surface area contributed by atoms with E-state index in [0.29, 0.717) is 5.41 Å². The minimum atomic E-state index is 0.543. The maximum absolute atomic E-state index is 5.54. The summed E-state index contributed by atoms with van der Waals surface area (Å²) in [4.78, 5) is 0. The van der Waals surface area contributed by atoms with Crippen molar-refractivity contribution >= 4 is 0 Å². The summed E-state index contributed by atoms with van der Waals surface area (Å²) in [7, 11) is 1.79. The number of rotatable bonds is 8. The molecule has 0 unspecified atom stereocenters. The molecule has 0 spiro atoms. The second kappa shape index (κ2) is 6.15. The summed E-state index contributed by atoms with van der Waals surface area (Å²) in [5, 5.41) is 3.63. The van der Waals surface area contributed by atoms with Crippen LogP contribution in [0.25, 0.3) is 0 Å². The van der Waals surface area contributed by atoms with Gasteiger partial charge in [0.1, 0.15) is 5.75 Å². The average Bonchev–Trinajstić information content (AvgIpc) is 3.08. The first-order valence-electron chi connectivity index (χ1n) is 7.76. The van der Waals surface area contributed by atoms with E-state index in [4.69, 9.17) is 9.47 Å². The van der Waals surface area contributed by atoms with Crippen LogP contribution in [0.2, 0.25) is 0 Å². The van der Waals surface area contributed by atoms with Gasteiger partial charge in [-0.3, -0.25) is 0 Å². The third-order valence-corrected chi connectivity index (χ3v) is 4.64. The van der Waals surface area contributed by atoms with Gasteiger partial charge in [-0.2, -0.15) is 0 Å². The number of ether oxygens (including phenoxy) is 2. The Morgan fingerprint density at radius 1 is 1.35 bits per heavy atom. The molecule has 1 saturated carbocycles. The topological polar surface area (TPSA) is 30.5 Å². The van der Waals surface area contributed by atoms with Crippen molar-refractivity contribution in [1.29, 1.82) is 0 Å². The van der Waals surface area contributed by atoms with E-state index in [2.05, 4.69) is 23.5 Å². The Balaban J connectivity index is 1.40. The average molecular weight is 275 g/mol. The highest BCUT2D eigenvalue weighted by Gasteiger charge is 2.41. The quantitative estimate of drug-likeness (QED) is 0.740. The third kappa shape index (κ3) is 3.33. The van der Waals surface area contributed by atoms with Crippen molar-refractivity contribution in [2.45, 2.75) is 32.1 Å². The van der Waals surface area contributed by atoms with Gasteiger partial charge in [0.25, 0.3) is 0 Å². The van der Waals surface area contributed by atoms with Crippen LogP contribution in [-0.4, -0.2) is 33.4 Å². The van der Waals surface area contributed by atoms with Crippen LogP contribution in [0.3, 0.4) is 0 Å². The lowest BCUT2D eigenvalue weighted by Crippen LogP contribution is -2.26. The van der Waals surface area contributed by atoms with Gasteiger partial charge in [-0.15, -0.1) is 0 Å². The van der Waals surface area contributed by atoms with Gasteiger partial charge in [-0.1, -0.05) is 12.1 Å². The highest BCUT2D eigenvalue weighted by atomic mass is 16.5. The molecule has 1 aromatic carbocycles. The van der Waals surface area contributed by atoms with Crippen LogP contribution in [0, 0.1) is 5.41 Å². The monoisotopic (exact) mass is 275 g/mol. The van der Waals surface area contributed by atoms with Crippen molar-refractivity contribution < 1.29 is 9.47 Å². The predicted molar refractivity (Wildman–Crippen MR) is 80.4 cm³/mol. The molecule has 0 saturated heterocycles. The summed E-state index contributed by atoms with van der Waals surface area (Å²) < 4.78 is 10.7. The summed E-state index contributed by atoms with van der Waals surface area (Å²) in [6, 6.07) is 6.63. The standard InChI is InChI=1S/C17H25NO2/c1-19-11-8-17(6-7-17)13-18-9-4-14-2-3-16-15(12-14)5-10-20-16/h2-3,12,18H,4-11,13H2,1H3. The minimum Gasteiger partial charge on any atom is -0.493 e. The molecule has 1 fully saturated rings. The second-order valence-corrected chi connectivity index (χ2v) is 6.21. The van der Waals surface area contributed by atoms with Gasteiger partial charge in [0, 0.05) is 26.7 Å². The lowest BCUT2D eigenvalue weighted by Gasteiger charge is -2.15. The smallest absolute Gasteiger partial charge is 0.122 e. The van der Waals surface area contributed by atoms with E-state index < -0.39 is 0 Å². The van der Waals surface area contributed by atoms with Crippen LogP contribution < -0.4 is 10.1 Å². The van der Waals surface area contributed by atoms with Crippen molar-refractivity contribution in [1.82, 2.24) is 5.32 Å². The fourth-order valence-electron chi connectivity index (χ4n) is 2.99. The highest BCUT2D eigenvalue weighted by Crippen LogP contribution is 2.48. The second-order valence-electron chi connectivity index (χ2n) is 6.21. The lowest BCUT2D eigenvalue weighted by molar-refractivity contribution is 0.171. The Labute approximate surface area is 121 Å². The van der Waals surface area contributed by atoms with E-state index >= 15 is 0 Å². The molecule has 0 radical (unpaired) electrons. The molecule has 20 heavy (non-hydrogen) atoms. The van der Waals surface area contributed by atoms with Crippen LogP contribution in [0.4, 0.5) is 0 Å². The molecule has 110 valence electrons. The summed E-state index contributed by atoms with van der Waals surface area (Å²) in [6.07, 6.45) is 6.09. The van der Waals surface area contributed by atoms with E-state index in [9.17, 15) is 0 Å². The Kier molecular flexibility index (Phi) is 4.27. The maximum Gasteiger partial charge on any atom is 0.122 e. The third-order valence-electron chi connectivity index (χ3n) is 4.64. The summed E-state index contributed by atoms with van der Waals surface area (Å²) in [5.41, 5.74) is 3.34. The Morgan fingerprint density at radius 3 is 3.05 bits per heavy atom. The number of hydrogen-bond acceptors (Lipinski definition) is 3. The fourth-order valence-corrected chi connectivity index (χ4v) is 2.99. The van der Waals surface area contributed by atoms with Crippen molar-refractivity contribution in [3.63, 3.8) is 0 Å². The first-order chi connectivity index (χ1) is 9.81. The highest BCUT2D eigenvalue weighted by molar-refractivity contribution is 5.39. The fraction of sp³-hybridized carbons (Fsp3) is 0.647. The van der Waals surface area contributed by atoms with Crippen LogP contribution in [0.15, 0.2) is 18.2 Å². The van der Waals surface area contributed by atoms with E-state index in [1.165, 1.54) is 30.4 Å². The van der Waals surface area contributed by atoms with Gasteiger partial charge in [0.2, 0.25) is 0 Å². The molecule has 3 rings (SSSR count). The van der Waals surface area contributed by atoms with E-state index in [0.717, 1.165) is 44.9 Å². The number of benzene rings is 1. The van der Waals surface area contributed by atoms with E-state index in [1.54, 1.807) is 7.11 Å². The molecule has 1 aliphatic heterocycles. The van der Waals surface area contributed by atoms with Gasteiger partial charge in [0.05, 0.1) is 6.61 Å². The van der Waals surface area contributed by atoms with Crippen molar-refractivity contribution in [3.8, 4) is 5.75 Å². The molecule has 0 atom stereocenters. The number of hydrogen-bond donors (Lipinski definition) is 1. The molecule has 0 bridgehead atoms. The van der Waals surface area contributed by atoms with Gasteiger partial charge >= 0.3 is 0 Å². The summed E-state index contributed by atoms with van der Waals surface area (Å²) >= 11 is 0. The Morgan fingerprint density at radius 2 is 2.25 bits per heavy atom. The SMILES string of the molecule is COCCC1(CNCCc2ccc3c(c2)CCO3)CC1. The zero-order chi connectivity index (χ0) is 13.8. The molecule has 1 heterocycles. The first kappa shape index (κ1) is 13.9. The first-order valence-corrected chi connectivity index (χ1v) is 7.76. The predicted octanol–water partition coefficient (Wildman–Crippen LogP) is 2.57. The number of fused-ring (bicyclic) bond motifs is 1. The molecule has 1 aromatic rings. The van der Waals surface area contributed by atoms with Gasteiger partial charge in [0.15, 0.2) is 0 Å². The summed E-state index contributed by atoms with van der Waals surface area (Å²) in [5.74, 6) is 1.08. The van der Waals surface area contributed by atoms with Crippen LogP contribution >= 0.6 is 0 Å². The van der Waals surface area contributed by atoms with Gasteiger partial charge in [-0.25, -0.2) is 0 Å². The number of nitrogens with one attached hydrogen (secondary N) is 1. The Bertz CT molecular complexity index is 454. The molecule has 1 N–H and O–H groups in total. The molecule has 3 heteroatoms. The zero-order valence-corrected chi connectivity index (χ0v) is 12.4. The minimum absolute atomic E-state index is 0.543. The van der Waals surface area contributed by atoms with Gasteiger partial charge in [-0.05, 0) is 54.8 Å². The lowest BCUT2D eigenvalue weighted by atomic mass is 10.0. The zero-order valence-electron chi connectivity index (χ0n) is 12.4. The molecule has 2 aliphatic rings. The number of methoxy groups -OCH3 is 1.